The van der Waals surface area contributed by atoms with Crippen LogP contribution in [-0.2, 0) is 6.42 Å². The number of benzene rings is 1. The summed E-state index contributed by atoms with van der Waals surface area (Å²) in [5.74, 6) is 0.583. The number of nitrogens with zero attached hydrogens (tertiary/aromatic N) is 1. The first-order valence-electron chi connectivity index (χ1n) is 6.06. The van der Waals surface area contributed by atoms with Gasteiger partial charge in [-0.1, -0.05) is 19.9 Å². The van der Waals surface area contributed by atoms with E-state index in [9.17, 15) is 10.1 Å². The Balaban J connectivity index is 2.91. The summed E-state index contributed by atoms with van der Waals surface area (Å²) in [5.41, 5.74) is 6.88. The van der Waals surface area contributed by atoms with E-state index in [-0.39, 0.29) is 17.5 Å². The molecule has 0 spiro atoms. The van der Waals surface area contributed by atoms with Crippen molar-refractivity contribution in [2.24, 2.45) is 11.7 Å². The zero-order valence-corrected chi connectivity index (χ0v) is 11.1. The third-order valence-electron chi connectivity index (χ3n) is 3.20. The summed E-state index contributed by atoms with van der Waals surface area (Å²) in [5, 5.41) is 10.9. The Morgan fingerprint density at radius 2 is 2.17 bits per heavy atom. The van der Waals surface area contributed by atoms with Crippen molar-refractivity contribution in [2.75, 3.05) is 7.11 Å². The molecule has 0 aromatic heterocycles. The monoisotopic (exact) mass is 252 g/mol. The lowest BCUT2D eigenvalue weighted by Gasteiger charge is -2.18. The molecule has 2 atom stereocenters. The van der Waals surface area contributed by atoms with Gasteiger partial charge in [0.25, 0.3) is 0 Å². The predicted octanol–water partition coefficient (Wildman–Crippen LogP) is 2.52. The van der Waals surface area contributed by atoms with Gasteiger partial charge in [-0.15, -0.1) is 0 Å². The van der Waals surface area contributed by atoms with Crippen LogP contribution in [0.3, 0.4) is 0 Å². The van der Waals surface area contributed by atoms with E-state index in [0.29, 0.717) is 5.92 Å². The minimum Gasteiger partial charge on any atom is -0.490 e. The molecule has 2 unspecified atom stereocenters. The number of rotatable bonds is 6. The number of ether oxygens (including phenoxy) is 1. The molecule has 0 bridgehead atoms. The van der Waals surface area contributed by atoms with Gasteiger partial charge in [-0.2, -0.15) is 0 Å². The Hall–Kier alpha value is -1.62. The van der Waals surface area contributed by atoms with Gasteiger partial charge in [0.2, 0.25) is 0 Å². The number of methoxy groups -OCH3 is 1. The van der Waals surface area contributed by atoms with E-state index in [4.69, 9.17) is 10.5 Å². The summed E-state index contributed by atoms with van der Waals surface area (Å²) in [6.07, 6.45) is 1.64. The average molecular weight is 252 g/mol. The lowest BCUT2D eigenvalue weighted by atomic mass is 9.93. The molecular weight excluding hydrogens is 232 g/mol. The average Bonchev–Trinajstić information content (AvgIpc) is 2.37. The maximum atomic E-state index is 10.9. The van der Waals surface area contributed by atoms with Crippen LogP contribution in [0, 0.1) is 16.0 Å². The van der Waals surface area contributed by atoms with E-state index in [0.717, 1.165) is 18.4 Å². The summed E-state index contributed by atoms with van der Waals surface area (Å²) in [6.45, 7) is 4.10. The largest absolute Gasteiger partial charge is 0.490 e. The zero-order chi connectivity index (χ0) is 13.7. The molecule has 2 N–H and O–H groups in total. The summed E-state index contributed by atoms with van der Waals surface area (Å²) < 4.78 is 4.97. The number of nitro groups is 1. The van der Waals surface area contributed by atoms with Gasteiger partial charge in [0.15, 0.2) is 5.75 Å². The molecule has 0 aliphatic carbocycles. The first-order valence-corrected chi connectivity index (χ1v) is 6.06. The van der Waals surface area contributed by atoms with Gasteiger partial charge in [-0.25, -0.2) is 0 Å². The molecule has 5 nitrogen and oxygen atoms in total. The second-order valence-electron chi connectivity index (χ2n) is 4.52. The van der Waals surface area contributed by atoms with Crippen LogP contribution in [0.4, 0.5) is 5.69 Å². The Kier molecular flexibility index (Phi) is 5.09. The molecule has 0 heterocycles. The third-order valence-corrected chi connectivity index (χ3v) is 3.20. The molecule has 0 saturated heterocycles. The fourth-order valence-corrected chi connectivity index (χ4v) is 1.93. The van der Waals surface area contributed by atoms with E-state index in [2.05, 4.69) is 6.92 Å². The van der Waals surface area contributed by atoms with Gasteiger partial charge in [0.1, 0.15) is 0 Å². The van der Waals surface area contributed by atoms with Crippen LogP contribution in [-0.4, -0.2) is 18.1 Å². The molecule has 0 saturated carbocycles. The Morgan fingerprint density at radius 1 is 1.50 bits per heavy atom. The van der Waals surface area contributed by atoms with E-state index in [1.165, 1.54) is 7.11 Å². The van der Waals surface area contributed by atoms with Crippen molar-refractivity contribution in [2.45, 2.75) is 32.7 Å². The highest BCUT2D eigenvalue weighted by molar-refractivity contribution is 5.48. The maximum absolute atomic E-state index is 10.9. The highest BCUT2D eigenvalue weighted by Crippen LogP contribution is 2.28. The topological polar surface area (TPSA) is 78.4 Å². The van der Waals surface area contributed by atoms with Gasteiger partial charge >= 0.3 is 5.69 Å². The van der Waals surface area contributed by atoms with Crippen LogP contribution in [0.1, 0.15) is 25.8 Å². The summed E-state index contributed by atoms with van der Waals surface area (Å²) in [7, 11) is 1.43. The lowest BCUT2D eigenvalue weighted by molar-refractivity contribution is -0.385. The van der Waals surface area contributed by atoms with Crippen LogP contribution < -0.4 is 10.5 Å². The number of nitrogens with two attached hydrogens (primary N) is 1. The Morgan fingerprint density at radius 3 is 2.67 bits per heavy atom. The minimum absolute atomic E-state index is 0.00673. The van der Waals surface area contributed by atoms with Crippen molar-refractivity contribution in [1.82, 2.24) is 0 Å². The number of hydrogen-bond donors (Lipinski definition) is 1. The van der Waals surface area contributed by atoms with Crippen molar-refractivity contribution in [1.29, 1.82) is 0 Å². The van der Waals surface area contributed by atoms with Crippen molar-refractivity contribution < 1.29 is 9.66 Å². The highest BCUT2D eigenvalue weighted by Gasteiger charge is 2.17. The van der Waals surface area contributed by atoms with E-state index >= 15 is 0 Å². The number of nitro benzene ring substituents is 1. The van der Waals surface area contributed by atoms with Crippen molar-refractivity contribution in [3.63, 3.8) is 0 Å². The van der Waals surface area contributed by atoms with Crippen LogP contribution >= 0.6 is 0 Å². The Labute approximate surface area is 107 Å². The summed E-state index contributed by atoms with van der Waals surface area (Å²) >= 11 is 0. The van der Waals surface area contributed by atoms with Crippen molar-refractivity contribution in [3.05, 3.63) is 33.9 Å². The molecule has 0 fully saturated rings. The van der Waals surface area contributed by atoms with Crippen molar-refractivity contribution in [3.8, 4) is 5.75 Å². The normalized spacial score (nSPS) is 14.0. The first kappa shape index (κ1) is 14.4. The first-order chi connectivity index (χ1) is 8.49. The second-order valence-corrected chi connectivity index (χ2v) is 4.52. The SMILES string of the molecule is CCC(N)C(C)Cc1ccc(OC)c([N+](=O)[O-])c1. The molecule has 0 aliphatic rings. The molecule has 0 radical (unpaired) electrons. The van der Waals surface area contributed by atoms with Crippen LogP contribution in [0.2, 0.25) is 0 Å². The van der Waals surface area contributed by atoms with Crippen LogP contribution in [0.25, 0.3) is 0 Å². The highest BCUT2D eigenvalue weighted by atomic mass is 16.6. The van der Waals surface area contributed by atoms with Gasteiger partial charge in [-0.05, 0) is 30.4 Å². The molecule has 1 aromatic rings. The molecule has 100 valence electrons. The molecule has 18 heavy (non-hydrogen) atoms. The fourth-order valence-electron chi connectivity index (χ4n) is 1.93. The molecule has 1 aromatic carbocycles. The number of hydrogen-bond acceptors (Lipinski definition) is 4. The Bertz CT molecular complexity index is 421. The molecular formula is C13H20N2O3. The molecule has 0 aliphatic heterocycles. The van der Waals surface area contributed by atoms with E-state index in [1.807, 2.05) is 13.0 Å². The van der Waals surface area contributed by atoms with Gasteiger partial charge in [-0.3, -0.25) is 10.1 Å². The molecule has 0 amide bonds. The summed E-state index contributed by atoms with van der Waals surface area (Å²) in [4.78, 5) is 10.5. The standard InChI is InChI=1S/C13H20N2O3/c1-4-11(14)9(2)7-10-5-6-13(18-3)12(8-10)15(16)17/h5-6,8-9,11H,4,7,14H2,1-3H3. The zero-order valence-electron chi connectivity index (χ0n) is 11.1. The quantitative estimate of drug-likeness (QED) is 0.623. The van der Waals surface area contributed by atoms with E-state index < -0.39 is 4.92 Å². The smallest absolute Gasteiger partial charge is 0.311 e. The van der Waals surface area contributed by atoms with Crippen LogP contribution in [0.15, 0.2) is 18.2 Å². The van der Waals surface area contributed by atoms with Crippen LogP contribution in [0.5, 0.6) is 5.75 Å². The second kappa shape index (κ2) is 6.35. The van der Waals surface area contributed by atoms with Gasteiger partial charge < -0.3 is 10.5 Å². The predicted molar refractivity (Wildman–Crippen MR) is 70.8 cm³/mol. The maximum Gasteiger partial charge on any atom is 0.311 e. The minimum atomic E-state index is -0.424. The molecule has 5 heteroatoms. The van der Waals surface area contributed by atoms with Gasteiger partial charge in [0.05, 0.1) is 12.0 Å². The molecule has 1 rings (SSSR count). The van der Waals surface area contributed by atoms with Gasteiger partial charge in [0, 0.05) is 12.1 Å². The lowest BCUT2D eigenvalue weighted by Crippen LogP contribution is -2.28. The van der Waals surface area contributed by atoms with E-state index in [1.54, 1.807) is 12.1 Å². The third kappa shape index (κ3) is 3.43. The fraction of sp³-hybridized carbons (Fsp3) is 0.538. The summed E-state index contributed by atoms with van der Waals surface area (Å²) in [6, 6.07) is 5.17. The van der Waals surface area contributed by atoms with Crippen molar-refractivity contribution >= 4 is 5.69 Å².